The van der Waals surface area contributed by atoms with Crippen LogP contribution in [0.1, 0.15) is 28.8 Å². The SMILES string of the molecule is COC(=O)c1ccc(C=C(CN2C(=O)C3CC=CCC3C2=O)C(=O)O)cc1. The Morgan fingerprint density at radius 3 is 2.15 bits per heavy atom. The van der Waals surface area contributed by atoms with Crippen LogP contribution in [0.25, 0.3) is 6.08 Å². The third-order valence-electron chi connectivity index (χ3n) is 4.87. The van der Waals surface area contributed by atoms with Crippen LogP contribution in [0.4, 0.5) is 0 Å². The lowest BCUT2D eigenvalue weighted by Crippen LogP contribution is -2.34. The van der Waals surface area contributed by atoms with E-state index in [0.29, 0.717) is 24.0 Å². The van der Waals surface area contributed by atoms with Crippen molar-refractivity contribution in [2.24, 2.45) is 11.8 Å². The molecule has 0 saturated carbocycles. The molecular weight excluding hydrogens is 350 g/mol. The summed E-state index contributed by atoms with van der Waals surface area (Å²) in [5.41, 5.74) is 0.806. The van der Waals surface area contributed by atoms with Gasteiger partial charge in [0.2, 0.25) is 11.8 Å². The van der Waals surface area contributed by atoms with Crippen LogP contribution in [-0.4, -0.2) is 47.4 Å². The van der Waals surface area contributed by atoms with E-state index in [0.717, 1.165) is 4.90 Å². The molecule has 7 heteroatoms. The number of esters is 1. The summed E-state index contributed by atoms with van der Waals surface area (Å²) in [5, 5.41) is 9.50. The van der Waals surface area contributed by atoms with Crippen LogP contribution in [-0.2, 0) is 19.1 Å². The van der Waals surface area contributed by atoms with Gasteiger partial charge in [-0.3, -0.25) is 14.5 Å². The molecule has 1 fully saturated rings. The second-order valence-electron chi connectivity index (χ2n) is 6.51. The number of nitrogens with zero attached hydrogens (tertiary/aromatic N) is 1. The van der Waals surface area contributed by atoms with Crippen LogP contribution in [0.3, 0.4) is 0 Å². The number of likely N-dealkylation sites (tertiary alicyclic amines) is 1. The third-order valence-corrected chi connectivity index (χ3v) is 4.87. The number of carboxylic acid groups (broad SMARTS) is 1. The number of carbonyl (C=O) groups excluding carboxylic acids is 3. The number of aliphatic carboxylic acids is 1. The maximum Gasteiger partial charge on any atom is 0.337 e. The summed E-state index contributed by atoms with van der Waals surface area (Å²) < 4.78 is 4.62. The Bertz CT molecular complexity index is 826. The number of imide groups is 1. The average Bonchev–Trinajstić information content (AvgIpc) is 2.92. The summed E-state index contributed by atoms with van der Waals surface area (Å²) in [6, 6.07) is 6.19. The Morgan fingerprint density at radius 2 is 1.67 bits per heavy atom. The van der Waals surface area contributed by atoms with E-state index in [1.54, 1.807) is 12.1 Å². The van der Waals surface area contributed by atoms with Gasteiger partial charge in [-0.05, 0) is 36.6 Å². The molecule has 1 aliphatic heterocycles. The van der Waals surface area contributed by atoms with Gasteiger partial charge in [-0.25, -0.2) is 9.59 Å². The lowest BCUT2D eigenvalue weighted by Gasteiger charge is -2.15. The smallest absolute Gasteiger partial charge is 0.337 e. The molecule has 1 aromatic carbocycles. The third kappa shape index (κ3) is 3.67. The fourth-order valence-corrected chi connectivity index (χ4v) is 3.40. The van der Waals surface area contributed by atoms with Crippen LogP contribution < -0.4 is 0 Å². The zero-order valence-electron chi connectivity index (χ0n) is 14.8. The van der Waals surface area contributed by atoms with Crippen molar-refractivity contribution in [3.63, 3.8) is 0 Å². The molecule has 1 N–H and O–H groups in total. The van der Waals surface area contributed by atoms with Crippen LogP contribution >= 0.6 is 0 Å². The van der Waals surface area contributed by atoms with Gasteiger partial charge in [0, 0.05) is 0 Å². The zero-order valence-corrected chi connectivity index (χ0v) is 14.8. The number of carbonyl (C=O) groups is 4. The maximum absolute atomic E-state index is 12.5. The van der Waals surface area contributed by atoms with Crippen LogP contribution in [0, 0.1) is 11.8 Å². The number of rotatable bonds is 5. The second kappa shape index (κ2) is 7.57. The van der Waals surface area contributed by atoms with Crippen LogP contribution in [0.2, 0.25) is 0 Å². The molecule has 140 valence electrons. The molecule has 0 bridgehead atoms. The summed E-state index contributed by atoms with van der Waals surface area (Å²) in [5.74, 6) is -3.12. The van der Waals surface area contributed by atoms with Crippen molar-refractivity contribution >= 4 is 29.8 Å². The molecule has 1 aliphatic carbocycles. The van der Waals surface area contributed by atoms with E-state index in [1.165, 1.54) is 25.3 Å². The fourth-order valence-electron chi connectivity index (χ4n) is 3.40. The molecule has 0 radical (unpaired) electrons. The van der Waals surface area contributed by atoms with Gasteiger partial charge in [-0.15, -0.1) is 0 Å². The summed E-state index contributed by atoms with van der Waals surface area (Å²) in [6.45, 7) is -0.279. The first-order valence-electron chi connectivity index (χ1n) is 8.55. The molecule has 2 atom stereocenters. The number of benzene rings is 1. The Kier molecular flexibility index (Phi) is 5.21. The highest BCUT2D eigenvalue weighted by molar-refractivity contribution is 6.07. The van der Waals surface area contributed by atoms with E-state index in [2.05, 4.69) is 4.74 Å². The predicted molar refractivity (Wildman–Crippen MR) is 95.5 cm³/mol. The van der Waals surface area contributed by atoms with E-state index in [9.17, 15) is 24.3 Å². The molecule has 3 rings (SSSR count). The first-order chi connectivity index (χ1) is 12.9. The van der Waals surface area contributed by atoms with Crippen molar-refractivity contribution < 1.29 is 29.0 Å². The lowest BCUT2D eigenvalue weighted by molar-refractivity contribution is -0.139. The molecule has 2 unspecified atom stereocenters. The lowest BCUT2D eigenvalue weighted by atomic mass is 9.85. The number of hydrogen-bond acceptors (Lipinski definition) is 5. The van der Waals surface area contributed by atoms with Gasteiger partial charge in [-0.2, -0.15) is 0 Å². The number of allylic oxidation sites excluding steroid dienone is 2. The first-order valence-corrected chi connectivity index (χ1v) is 8.55. The van der Waals surface area contributed by atoms with E-state index < -0.39 is 23.8 Å². The Balaban J connectivity index is 1.81. The summed E-state index contributed by atoms with van der Waals surface area (Å²) in [6.07, 6.45) is 6.17. The van der Waals surface area contributed by atoms with Crippen LogP contribution in [0.5, 0.6) is 0 Å². The highest BCUT2D eigenvalue weighted by Crippen LogP contribution is 2.35. The predicted octanol–water partition coefficient (Wildman–Crippen LogP) is 1.89. The molecule has 7 nitrogen and oxygen atoms in total. The maximum atomic E-state index is 12.5. The van der Waals surface area contributed by atoms with Crippen molar-refractivity contribution in [1.82, 2.24) is 4.90 Å². The standard InChI is InChI=1S/C20H19NO6/c1-27-20(26)13-8-6-12(7-9-13)10-14(19(24)25)11-21-17(22)15-4-2-3-5-16(15)18(21)23/h2-3,6-10,15-16H,4-5,11H2,1H3,(H,24,25). The number of fused-ring (bicyclic) bond motifs is 1. The quantitative estimate of drug-likeness (QED) is 0.368. The van der Waals surface area contributed by atoms with Gasteiger partial charge < -0.3 is 9.84 Å². The Morgan fingerprint density at radius 1 is 1.11 bits per heavy atom. The topological polar surface area (TPSA) is 101 Å². The molecule has 1 saturated heterocycles. The molecule has 2 aliphatic rings. The largest absolute Gasteiger partial charge is 0.478 e. The van der Waals surface area contributed by atoms with Gasteiger partial charge >= 0.3 is 11.9 Å². The number of ether oxygens (including phenoxy) is 1. The van der Waals surface area contributed by atoms with E-state index in [4.69, 9.17) is 0 Å². The Labute approximate surface area is 155 Å². The second-order valence-corrected chi connectivity index (χ2v) is 6.51. The minimum absolute atomic E-state index is 0.0749. The van der Waals surface area contributed by atoms with Crippen molar-refractivity contribution in [2.45, 2.75) is 12.8 Å². The van der Waals surface area contributed by atoms with E-state index in [1.807, 2.05) is 12.2 Å². The molecule has 1 heterocycles. The average molecular weight is 369 g/mol. The fraction of sp³-hybridized carbons (Fsp3) is 0.300. The number of methoxy groups -OCH3 is 1. The monoisotopic (exact) mass is 369 g/mol. The zero-order chi connectivity index (χ0) is 19.6. The molecule has 0 spiro atoms. The summed E-state index contributed by atoms with van der Waals surface area (Å²) in [4.78, 5) is 49.2. The number of carboxylic acids is 1. The normalized spacial score (nSPS) is 22.0. The molecule has 2 amide bonds. The molecular formula is C20H19NO6. The van der Waals surface area contributed by atoms with Gasteiger partial charge in [0.1, 0.15) is 0 Å². The number of hydrogen-bond donors (Lipinski definition) is 1. The van der Waals surface area contributed by atoms with Crippen molar-refractivity contribution in [3.8, 4) is 0 Å². The molecule has 1 aromatic rings. The molecule has 27 heavy (non-hydrogen) atoms. The van der Waals surface area contributed by atoms with Gasteiger partial charge in [0.15, 0.2) is 0 Å². The molecule has 0 aromatic heterocycles. The first kappa shape index (κ1) is 18.6. The highest BCUT2D eigenvalue weighted by Gasteiger charge is 2.47. The minimum atomic E-state index is -1.21. The highest BCUT2D eigenvalue weighted by atomic mass is 16.5. The van der Waals surface area contributed by atoms with Crippen molar-refractivity contribution in [3.05, 3.63) is 53.1 Å². The van der Waals surface area contributed by atoms with Crippen molar-refractivity contribution in [1.29, 1.82) is 0 Å². The van der Waals surface area contributed by atoms with E-state index >= 15 is 0 Å². The van der Waals surface area contributed by atoms with Gasteiger partial charge in [-0.1, -0.05) is 24.3 Å². The summed E-state index contributed by atoms with van der Waals surface area (Å²) >= 11 is 0. The van der Waals surface area contributed by atoms with Crippen molar-refractivity contribution in [2.75, 3.05) is 13.7 Å². The van der Waals surface area contributed by atoms with E-state index in [-0.39, 0.29) is 23.9 Å². The van der Waals surface area contributed by atoms with Crippen LogP contribution in [0.15, 0.2) is 42.0 Å². The minimum Gasteiger partial charge on any atom is -0.478 e. The Hall–Kier alpha value is -3.22. The van der Waals surface area contributed by atoms with Gasteiger partial charge in [0.25, 0.3) is 0 Å². The number of amides is 2. The van der Waals surface area contributed by atoms with Gasteiger partial charge in [0.05, 0.1) is 36.6 Å². The summed E-state index contributed by atoms with van der Waals surface area (Å²) in [7, 11) is 1.27.